The van der Waals surface area contributed by atoms with E-state index < -0.39 is 17.7 Å². The highest BCUT2D eigenvalue weighted by Gasteiger charge is 2.34. The van der Waals surface area contributed by atoms with Crippen molar-refractivity contribution in [2.75, 3.05) is 31.1 Å². The first-order valence-electron chi connectivity index (χ1n) is 6.58. The van der Waals surface area contributed by atoms with Gasteiger partial charge >= 0.3 is 6.18 Å². The molecule has 0 atom stereocenters. The number of aromatic nitrogens is 1. The van der Waals surface area contributed by atoms with E-state index in [0.29, 0.717) is 37.3 Å². The van der Waals surface area contributed by atoms with Crippen LogP contribution in [0.3, 0.4) is 0 Å². The van der Waals surface area contributed by atoms with E-state index in [0.717, 1.165) is 12.1 Å². The van der Waals surface area contributed by atoms with Crippen LogP contribution in [0.5, 0.6) is 0 Å². The van der Waals surface area contributed by atoms with E-state index in [1.165, 1.54) is 12.1 Å². The Labute approximate surface area is 118 Å². The van der Waals surface area contributed by atoms with Gasteiger partial charge in [-0.25, -0.2) is 9.37 Å². The van der Waals surface area contributed by atoms with Gasteiger partial charge in [0.05, 0.1) is 5.52 Å². The molecule has 0 bridgehead atoms. The Hall–Kier alpha value is -1.89. The van der Waals surface area contributed by atoms with Crippen LogP contribution in [0.1, 0.15) is 5.69 Å². The smallest absolute Gasteiger partial charge is 0.368 e. The van der Waals surface area contributed by atoms with E-state index in [9.17, 15) is 17.6 Å². The zero-order valence-electron chi connectivity index (χ0n) is 11.0. The fraction of sp³-hybridized carbons (Fsp3) is 0.357. The number of nitrogens with zero attached hydrogens (tertiary/aromatic N) is 2. The zero-order valence-corrected chi connectivity index (χ0v) is 11.0. The van der Waals surface area contributed by atoms with Gasteiger partial charge < -0.3 is 10.2 Å². The summed E-state index contributed by atoms with van der Waals surface area (Å²) in [6.45, 7) is 2.51. The van der Waals surface area contributed by atoms with E-state index >= 15 is 0 Å². The topological polar surface area (TPSA) is 28.2 Å². The van der Waals surface area contributed by atoms with Crippen LogP contribution in [0.2, 0.25) is 0 Å². The standard InChI is InChI=1S/C14H13F4N3/c15-9-1-2-11-10(7-9)12(21-5-3-19-4-6-21)8-13(20-11)14(16,17)18/h1-2,7-8,19H,3-6H2. The molecule has 112 valence electrons. The van der Waals surface area contributed by atoms with E-state index in [2.05, 4.69) is 10.3 Å². The number of hydrogen-bond acceptors (Lipinski definition) is 3. The van der Waals surface area contributed by atoms with E-state index in [4.69, 9.17) is 0 Å². The largest absolute Gasteiger partial charge is 0.433 e. The van der Waals surface area contributed by atoms with Gasteiger partial charge in [-0.1, -0.05) is 0 Å². The summed E-state index contributed by atoms with van der Waals surface area (Å²) in [5, 5.41) is 3.54. The van der Waals surface area contributed by atoms with Crippen molar-refractivity contribution in [1.29, 1.82) is 0 Å². The van der Waals surface area contributed by atoms with Crippen LogP contribution in [0.15, 0.2) is 24.3 Å². The number of anilines is 1. The molecule has 0 radical (unpaired) electrons. The van der Waals surface area contributed by atoms with Crippen LogP contribution < -0.4 is 10.2 Å². The summed E-state index contributed by atoms with van der Waals surface area (Å²) >= 11 is 0. The molecule has 1 fully saturated rings. The first-order valence-corrected chi connectivity index (χ1v) is 6.58. The first-order chi connectivity index (χ1) is 9.95. The lowest BCUT2D eigenvalue weighted by atomic mass is 10.1. The summed E-state index contributed by atoms with van der Waals surface area (Å²) in [6.07, 6.45) is -4.52. The normalized spacial score (nSPS) is 16.5. The Bertz CT molecular complexity index is 663. The van der Waals surface area contributed by atoms with Crippen molar-refractivity contribution < 1.29 is 17.6 Å². The Kier molecular flexibility index (Phi) is 3.44. The van der Waals surface area contributed by atoms with Gasteiger partial charge in [0.1, 0.15) is 11.5 Å². The highest BCUT2D eigenvalue weighted by atomic mass is 19.4. The number of piperazine rings is 1. The molecule has 1 N–H and O–H groups in total. The third kappa shape index (κ3) is 2.78. The predicted octanol–water partition coefficient (Wildman–Crippen LogP) is 2.80. The van der Waals surface area contributed by atoms with Crippen molar-refractivity contribution in [3.63, 3.8) is 0 Å². The molecule has 2 aromatic rings. The molecule has 1 aromatic carbocycles. The van der Waals surface area contributed by atoms with Gasteiger partial charge in [0, 0.05) is 37.3 Å². The Balaban J connectivity index is 2.20. The highest BCUT2D eigenvalue weighted by Crippen LogP contribution is 2.35. The predicted molar refractivity (Wildman–Crippen MR) is 71.8 cm³/mol. The second-order valence-corrected chi connectivity index (χ2v) is 4.92. The van der Waals surface area contributed by atoms with Crippen molar-refractivity contribution in [2.45, 2.75) is 6.18 Å². The Morgan fingerprint density at radius 2 is 1.81 bits per heavy atom. The fourth-order valence-electron chi connectivity index (χ4n) is 2.49. The third-order valence-corrected chi connectivity index (χ3v) is 3.50. The lowest BCUT2D eigenvalue weighted by Crippen LogP contribution is -2.43. The average molecular weight is 299 g/mol. The second kappa shape index (κ2) is 5.14. The summed E-state index contributed by atoms with van der Waals surface area (Å²) in [5.74, 6) is -0.486. The highest BCUT2D eigenvalue weighted by molar-refractivity contribution is 5.92. The van der Waals surface area contributed by atoms with Gasteiger partial charge in [0.15, 0.2) is 0 Å². The molecule has 0 unspecified atom stereocenters. The number of pyridine rings is 1. The van der Waals surface area contributed by atoms with Gasteiger partial charge in [-0.2, -0.15) is 13.2 Å². The SMILES string of the molecule is Fc1ccc2nc(C(F)(F)F)cc(N3CCNCC3)c2c1. The summed E-state index contributed by atoms with van der Waals surface area (Å²) < 4.78 is 52.4. The maximum absolute atomic E-state index is 13.4. The molecular formula is C14H13F4N3. The van der Waals surface area contributed by atoms with Crippen LogP contribution in [-0.4, -0.2) is 31.2 Å². The quantitative estimate of drug-likeness (QED) is 0.821. The number of alkyl halides is 3. The minimum absolute atomic E-state index is 0.153. The second-order valence-electron chi connectivity index (χ2n) is 4.92. The van der Waals surface area contributed by atoms with Crippen LogP contribution in [0, 0.1) is 5.82 Å². The number of benzene rings is 1. The summed E-state index contributed by atoms with van der Waals surface area (Å²) in [4.78, 5) is 5.44. The van der Waals surface area contributed by atoms with Crippen molar-refractivity contribution >= 4 is 16.6 Å². The van der Waals surface area contributed by atoms with E-state index in [1.54, 1.807) is 0 Å². The summed E-state index contributed by atoms with van der Waals surface area (Å²) in [7, 11) is 0. The molecule has 1 aromatic heterocycles. The number of nitrogens with one attached hydrogen (secondary N) is 1. The molecule has 1 saturated heterocycles. The van der Waals surface area contributed by atoms with Crippen molar-refractivity contribution in [3.05, 3.63) is 35.8 Å². The average Bonchev–Trinajstić information content (AvgIpc) is 2.46. The van der Waals surface area contributed by atoms with Crippen molar-refractivity contribution in [1.82, 2.24) is 10.3 Å². The third-order valence-electron chi connectivity index (χ3n) is 3.50. The lowest BCUT2D eigenvalue weighted by molar-refractivity contribution is -0.140. The van der Waals surface area contributed by atoms with Gasteiger partial charge in [-0.05, 0) is 24.3 Å². The molecule has 2 heterocycles. The van der Waals surface area contributed by atoms with E-state index in [-0.39, 0.29) is 5.52 Å². The summed E-state index contributed by atoms with van der Waals surface area (Å²) in [6, 6.07) is 4.65. The molecule has 0 saturated carbocycles. The van der Waals surface area contributed by atoms with Gasteiger partial charge in [-0.3, -0.25) is 0 Å². The fourth-order valence-corrected chi connectivity index (χ4v) is 2.49. The molecule has 3 nitrogen and oxygen atoms in total. The van der Waals surface area contributed by atoms with Crippen molar-refractivity contribution in [3.8, 4) is 0 Å². The molecule has 21 heavy (non-hydrogen) atoms. The monoisotopic (exact) mass is 299 g/mol. The first kappa shape index (κ1) is 14.1. The molecule has 0 spiro atoms. The lowest BCUT2D eigenvalue weighted by Gasteiger charge is -2.30. The van der Waals surface area contributed by atoms with Gasteiger partial charge in [-0.15, -0.1) is 0 Å². The van der Waals surface area contributed by atoms with E-state index in [1.807, 2.05) is 4.90 Å². The van der Waals surface area contributed by atoms with Crippen molar-refractivity contribution in [2.24, 2.45) is 0 Å². The molecule has 7 heteroatoms. The van der Waals surface area contributed by atoms with Crippen LogP contribution in [0.25, 0.3) is 10.9 Å². The number of fused-ring (bicyclic) bond motifs is 1. The molecule has 3 rings (SSSR count). The van der Waals surface area contributed by atoms with Crippen LogP contribution in [-0.2, 0) is 6.18 Å². The van der Waals surface area contributed by atoms with Crippen LogP contribution in [0.4, 0.5) is 23.2 Å². The Morgan fingerprint density at radius 1 is 1.10 bits per heavy atom. The van der Waals surface area contributed by atoms with Gasteiger partial charge in [0.2, 0.25) is 0 Å². The number of rotatable bonds is 1. The van der Waals surface area contributed by atoms with Crippen LogP contribution >= 0.6 is 0 Å². The maximum Gasteiger partial charge on any atom is 0.433 e. The zero-order chi connectivity index (χ0) is 15.0. The number of hydrogen-bond donors (Lipinski definition) is 1. The molecule has 0 aliphatic carbocycles. The Morgan fingerprint density at radius 3 is 2.48 bits per heavy atom. The molecule has 1 aliphatic rings. The number of halogens is 4. The molecule has 0 amide bonds. The summed E-state index contributed by atoms with van der Waals surface area (Å²) in [5.41, 5.74) is -0.414. The molecular weight excluding hydrogens is 286 g/mol. The minimum Gasteiger partial charge on any atom is -0.368 e. The molecule has 1 aliphatic heterocycles. The maximum atomic E-state index is 13.4. The van der Waals surface area contributed by atoms with Gasteiger partial charge in [0.25, 0.3) is 0 Å². The minimum atomic E-state index is -4.52.